The van der Waals surface area contributed by atoms with Crippen molar-refractivity contribution >= 4 is 40.8 Å². The highest BCUT2D eigenvalue weighted by Crippen LogP contribution is 2.20. The molecule has 0 amide bonds. The summed E-state index contributed by atoms with van der Waals surface area (Å²) < 4.78 is 5.31. The van der Waals surface area contributed by atoms with Crippen molar-refractivity contribution in [3.05, 3.63) is 70.6 Å². The van der Waals surface area contributed by atoms with Crippen LogP contribution in [0.25, 0.3) is 11.0 Å². The molecule has 0 spiro atoms. The molecule has 5 heteroatoms. The van der Waals surface area contributed by atoms with Gasteiger partial charge in [0.25, 0.3) is 0 Å². The van der Waals surface area contributed by atoms with Gasteiger partial charge in [-0.25, -0.2) is 4.79 Å². The maximum atomic E-state index is 11.6. The first kappa shape index (κ1) is 17.4. The van der Waals surface area contributed by atoms with Crippen LogP contribution in [0.15, 0.2) is 68.7 Å². The molecule has 0 saturated heterocycles. The summed E-state index contributed by atoms with van der Waals surface area (Å²) in [6.07, 6.45) is 0. The predicted octanol–water partition coefficient (Wildman–Crippen LogP) is 4.73. The number of fused-ring (bicyclic) bond motifs is 1. The lowest BCUT2D eigenvalue weighted by atomic mass is 10.2. The van der Waals surface area contributed by atoms with Gasteiger partial charge in [0.05, 0.1) is 0 Å². The lowest BCUT2D eigenvalue weighted by Crippen LogP contribution is -2.05. The molecule has 120 valence electrons. The Labute approximate surface area is 145 Å². The number of halogens is 1. The van der Waals surface area contributed by atoms with Crippen molar-refractivity contribution in [1.82, 2.24) is 0 Å². The number of hydrogen-bond acceptors (Lipinski definition) is 4. The predicted molar refractivity (Wildman–Crippen MR) is 100 cm³/mol. The third kappa shape index (κ3) is 4.53. The Balaban J connectivity index is 0.00000192. The van der Waals surface area contributed by atoms with Crippen molar-refractivity contribution in [1.29, 1.82) is 0 Å². The van der Waals surface area contributed by atoms with E-state index in [0.717, 1.165) is 23.4 Å². The standard InChI is InChI=1S/C18H17NO2S.ClH/c1-13-11-14-7-8-15(12-17(14)21-18(13)20)19-9-10-22-16-5-3-2-4-6-16;/h2-8,11-12,19H,9-10H2,1H3;1H. The second-order valence-corrected chi connectivity index (χ2v) is 6.23. The van der Waals surface area contributed by atoms with Crippen LogP contribution in [0.1, 0.15) is 5.56 Å². The van der Waals surface area contributed by atoms with Gasteiger partial charge in [0, 0.05) is 39.9 Å². The zero-order valence-corrected chi connectivity index (χ0v) is 14.4. The molecular formula is C18H18ClNO2S. The molecule has 0 unspecified atom stereocenters. The fraction of sp³-hybridized carbons (Fsp3) is 0.167. The summed E-state index contributed by atoms with van der Waals surface area (Å²) in [5.74, 6) is 0.972. The molecule has 2 aromatic carbocycles. The topological polar surface area (TPSA) is 42.2 Å². The summed E-state index contributed by atoms with van der Waals surface area (Å²) in [4.78, 5) is 12.8. The zero-order valence-electron chi connectivity index (χ0n) is 12.7. The number of anilines is 1. The fourth-order valence-corrected chi connectivity index (χ4v) is 2.99. The Bertz CT molecular complexity index is 833. The highest BCUT2D eigenvalue weighted by molar-refractivity contribution is 7.99. The van der Waals surface area contributed by atoms with E-state index in [0.29, 0.717) is 11.1 Å². The van der Waals surface area contributed by atoms with Gasteiger partial charge in [-0.05, 0) is 37.3 Å². The maximum Gasteiger partial charge on any atom is 0.339 e. The molecule has 1 N–H and O–H groups in total. The number of aryl methyl sites for hydroxylation is 1. The van der Waals surface area contributed by atoms with E-state index in [-0.39, 0.29) is 18.0 Å². The van der Waals surface area contributed by atoms with Gasteiger partial charge >= 0.3 is 5.63 Å². The molecule has 0 fully saturated rings. The number of rotatable bonds is 5. The maximum absolute atomic E-state index is 11.6. The smallest absolute Gasteiger partial charge is 0.339 e. The Kier molecular flexibility index (Phi) is 6.13. The van der Waals surface area contributed by atoms with Crippen LogP contribution in [0.3, 0.4) is 0 Å². The highest BCUT2D eigenvalue weighted by atomic mass is 35.5. The molecule has 0 atom stereocenters. The van der Waals surface area contributed by atoms with Crippen molar-refractivity contribution in [2.24, 2.45) is 0 Å². The largest absolute Gasteiger partial charge is 0.422 e. The monoisotopic (exact) mass is 347 g/mol. The molecular weight excluding hydrogens is 330 g/mol. The van der Waals surface area contributed by atoms with Crippen molar-refractivity contribution in [3.8, 4) is 0 Å². The molecule has 0 aliphatic rings. The van der Waals surface area contributed by atoms with Crippen LogP contribution < -0.4 is 10.9 Å². The van der Waals surface area contributed by atoms with Crippen molar-refractivity contribution in [2.75, 3.05) is 17.6 Å². The average Bonchev–Trinajstić information content (AvgIpc) is 2.54. The van der Waals surface area contributed by atoms with E-state index in [1.807, 2.05) is 54.2 Å². The van der Waals surface area contributed by atoms with Gasteiger partial charge in [0.1, 0.15) is 5.58 Å². The molecule has 1 heterocycles. The molecule has 0 bridgehead atoms. The number of thioether (sulfide) groups is 1. The molecule has 3 nitrogen and oxygen atoms in total. The van der Waals surface area contributed by atoms with Gasteiger partial charge in [-0.1, -0.05) is 18.2 Å². The molecule has 0 aliphatic heterocycles. The van der Waals surface area contributed by atoms with E-state index in [2.05, 4.69) is 17.4 Å². The molecule has 23 heavy (non-hydrogen) atoms. The zero-order chi connectivity index (χ0) is 15.4. The van der Waals surface area contributed by atoms with Crippen LogP contribution in [0.2, 0.25) is 0 Å². The Morgan fingerprint density at radius 2 is 1.87 bits per heavy atom. The van der Waals surface area contributed by atoms with Crippen LogP contribution in [-0.4, -0.2) is 12.3 Å². The number of hydrogen-bond donors (Lipinski definition) is 1. The summed E-state index contributed by atoms with van der Waals surface area (Å²) in [5.41, 5.74) is 1.95. The quantitative estimate of drug-likeness (QED) is 0.411. The average molecular weight is 348 g/mol. The first-order valence-corrected chi connectivity index (χ1v) is 8.17. The SMILES string of the molecule is Cc1cc2ccc(NCCSc3ccccc3)cc2oc1=O.Cl. The second kappa shape index (κ2) is 8.09. The fourth-order valence-electron chi connectivity index (χ4n) is 2.21. The van der Waals surface area contributed by atoms with Gasteiger partial charge in [0.2, 0.25) is 0 Å². The van der Waals surface area contributed by atoms with E-state index in [9.17, 15) is 4.79 Å². The van der Waals surface area contributed by atoms with E-state index in [1.54, 1.807) is 6.92 Å². The van der Waals surface area contributed by atoms with Crippen LogP contribution in [-0.2, 0) is 0 Å². The number of benzene rings is 2. The van der Waals surface area contributed by atoms with Crippen molar-refractivity contribution in [2.45, 2.75) is 11.8 Å². The van der Waals surface area contributed by atoms with Crippen LogP contribution in [0.4, 0.5) is 5.69 Å². The first-order valence-electron chi connectivity index (χ1n) is 7.18. The van der Waals surface area contributed by atoms with Crippen molar-refractivity contribution in [3.63, 3.8) is 0 Å². The normalized spacial score (nSPS) is 10.3. The third-order valence-corrected chi connectivity index (χ3v) is 4.37. The van der Waals surface area contributed by atoms with Gasteiger partial charge in [0.15, 0.2) is 0 Å². The lowest BCUT2D eigenvalue weighted by Gasteiger charge is -2.07. The highest BCUT2D eigenvalue weighted by Gasteiger charge is 2.02. The molecule has 0 radical (unpaired) electrons. The van der Waals surface area contributed by atoms with Gasteiger partial charge in [-0.3, -0.25) is 0 Å². The Hall–Kier alpha value is -1.91. The Morgan fingerprint density at radius 3 is 2.65 bits per heavy atom. The van der Waals surface area contributed by atoms with Crippen LogP contribution in [0.5, 0.6) is 0 Å². The minimum atomic E-state index is -0.274. The third-order valence-electron chi connectivity index (χ3n) is 3.35. The van der Waals surface area contributed by atoms with Crippen LogP contribution in [0, 0.1) is 6.92 Å². The van der Waals surface area contributed by atoms with E-state index < -0.39 is 0 Å². The summed E-state index contributed by atoms with van der Waals surface area (Å²) >= 11 is 1.81. The molecule has 1 aromatic heterocycles. The van der Waals surface area contributed by atoms with Gasteiger partial charge in [-0.15, -0.1) is 24.2 Å². The summed E-state index contributed by atoms with van der Waals surface area (Å²) in [5, 5.41) is 4.30. The van der Waals surface area contributed by atoms with Gasteiger partial charge < -0.3 is 9.73 Å². The van der Waals surface area contributed by atoms with Gasteiger partial charge in [-0.2, -0.15) is 0 Å². The molecule has 0 saturated carbocycles. The number of nitrogens with one attached hydrogen (secondary N) is 1. The molecule has 0 aliphatic carbocycles. The van der Waals surface area contributed by atoms with Crippen molar-refractivity contribution < 1.29 is 4.42 Å². The van der Waals surface area contributed by atoms with E-state index in [4.69, 9.17) is 4.42 Å². The summed E-state index contributed by atoms with van der Waals surface area (Å²) in [6.45, 7) is 2.61. The minimum absolute atomic E-state index is 0. The second-order valence-electron chi connectivity index (χ2n) is 5.06. The summed E-state index contributed by atoms with van der Waals surface area (Å²) in [7, 11) is 0. The minimum Gasteiger partial charge on any atom is -0.422 e. The lowest BCUT2D eigenvalue weighted by molar-refractivity contribution is 0.555. The molecule has 3 rings (SSSR count). The summed E-state index contributed by atoms with van der Waals surface area (Å²) in [6, 6.07) is 18.0. The molecule has 3 aromatic rings. The Morgan fingerprint density at radius 1 is 1.09 bits per heavy atom. The first-order chi connectivity index (χ1) is 10.7. The van der Waals surface area contributed by atoms with Crippen LogP contribution >= 0.6 is 24.2 Å². The van der Waals surface area contributed by atoms with E-state index >= 15 is 0 Å². The van der Waals surface area contributed by atoms with E-state index in [1.165, 1.54) is 4.90 Å².